The van der Waals surface area contributed by atoms with Gasteiger partial charge >= 0.3 is 0 Å². The van der Waals surface area contributed by atoms with E-state index in [9.17, 15) is 0 Å². The van der Waals surface area contributed by atoms with E-state index in [-0.39, 0.29) is 12.1 Å². The number of ether oxygens (including phenoxy) is 1. The van der Waals surface area contributed by atoms with E-state index in [1.807, 2.05) is 14.0 Å². The molecule has 0 aliphatic carbocycles. The van der Waals surface area contributed by atoms with Crippen LogP contribution in [0, 0.1) is 0 Å². The van der Waals surface area contributed by atoms with E-state index in [2.05, 4.69) is 12.2 Å². The molecule has 0 saturated heterocycles. The highest BCUT2D eigenvalue weighted by atomic mass is 16.5. The standard InChI is InChI=1S/C12H27NO2/c1-4-5-6-7-8-9-15-11-12(2,10-14)13-3/h13-14H,4-11H2,1-3H3. The van der Waals surface area contributed by atoms with E-state index in [4.69, 9.17) is 9.84 Å². The molecule has 0 amide bonds. The summed E-state index contributed by atoms with van der Waals surface area (Å²) in [7, 11) is 1.85. The van der Waals surface area contributed by atoms with Gasteiger partial charge < -0.3 is 15.2 Å². The lowest BCUT2D eigenvalue weighted by atomic mass is 10.1. The number of nitrogens with one attached hydrogen (secondary N) is 1. The van der Waals surface area contributed by atoms with Crippen LogP contribution in [0.25, 0.3) is 0 Å². The maximum atomic E-state index is 9.12. The van der Waals surface area contributed by atoms with Crippen molar-refractivity contribution in [2.75, 3.05) is 26.9 Å². The lowest BCUT2D eigenvalue weighted by Gasteiger charge is -2.26. The molecule has 1 atom stereocenters. The van der Waals surface area contributed by atoms with Gasteiger partial charge in [-0.3, -0.25) is 0 Å². The molecule has 0 fully saturated rings. The van der Waals surface area contributed by atoms with Crippen LogP contribution in [0.5, 0.6) is 0 Å². The van der Waals surface area contributed by atoms with Gasteiger partial charge in [0.05, 0.1) is 18.8 Å². The fourth-order valence-electron chi connectivity index (χ4n) is 1.30. The Kier molecular flexibility index (Phi) is 9.06. The second-order valence-electron chi connectivity index (χ2n) is 4.44. The van der Waals surface area contributed by atoms with Gasteiger partial charge in [-0.1, -0.05) is 32.6 Å². The summed E-state index contributed by atoms with van der Waals surface area (Å²) in [5.41, 5.74) is -0.288. The third-order valence-electron chi connectivity index (χ3n) is 2.77. The molecule has 0 aliphatic rings. The first-order valence-corrected chi connectivity index (χ1v) is 6.06. The average Bonchev–Trinajstić information content (AvgIpc) is 2.27. The largest absolute Gasteiger partial charge is 0.394 e. The van der Waals surface area contributed by atoms with Crippen LogP contribution >= 0.6 is 0 Å². The molecule has 0 aliphatic heterocycles. The highest BCUT2D eigenvalue weighted by Gasteiger charge is 2.20. The van der Waals surface area contributed by atoms with Gasteiger partial charge in [0.2, 0.25) is 0 Å². The molecule has 0 spiro atoms. The van der Waals surface area contributed by atoms with Crippen molar-refractivity contribution in [1.82, 2.24) is 5.32 Å². The topological polar surface area (TPSA) is 41.5 Å². The van der Waals surface area contributed by atoms with E-state index in [1.54, 1.807) is 0 Å². The Hall–Kier alpha value is -0.120. The smallest absolute Gasteiger partial charge is 0.0667 e. The van der Waals surface area contributed by atoms with Crippen LogP contribution in [0.3, 0.4) is 0 Å². The molecule has 92 valence electrons. The number of aliphatic hydroxyl groups is 1. The molecule has 0 heterocycles. The van der Waals surface area contributed by atoms with Crippen LogP contribution in [0.4, 0.5) is 0 Å². The van der Waals surface area contributed by atoms with Gasteiger partial charge in [0.15, 0.2) is 0 Å². The molecule has 3 nitrogen and oxygen atoms in total. The number of rotatable bonds is 10. The van der Waals surface area contributed by atoms with Gasteiger partial charge in [-0.2, -0.15) is 0 Å². The van der Waals surface area contributed by atoms with Crippen LogP contribution in [0.1, 0.15) is 46.0 Å². The van der Waals surface area contributed by atoms with Crippen LogP contribution < -0.4 is 5.32 Å². The molecule has 1 unspecified atom stereocenters. The number of aliphatic hydroxyl groups excluding tert-OH is 1. The molecular weight excluding hydrogens is 190 g/mol. The first-order valence-electron chi connectivity index (χ1n) is 6.06. The monoisotopic (exact) mass is 217 g/mol. The third kappa shape index (κ3) is 7.77. The molecular formula is C12H27NO2. The van der Waals surface area contributed by atoms with Crippen LogP contribution in [-0.2, 0) is 4.74 Å². The van der Waals surface area contributed by atoms with Crippen LogP contribution in [0.2, 0.25) is 0 Å². The number of hydrogen-bond acceptors (Lipinski definition) is 3. The summed E-state index contributed by atoms with van der Waals surface area (Å²) in [4.78, 5) is 0. The second-order valence-corrected chi connectivity index (χ2v) is 4.44. The highest BCUT2D eigenvalue weighted by molar-refractivity contribution is 4.79. The number of likely N-dealkylation sites (N-methyl/N-ethyl adjacent to an activating group) is 1. The van der Waals surface area contributed by atoms with E-state index >= 15 is 0 Å². The summed E-state index contributed by atoms with van der Waals surface area (Å²) in [5.74, 6) is 0. The SMILES string of the molecule is CCCCCCCOCC(C)(CO)NC. The maximum absolute atomic E-state index is 9.12. The van der Waals surface area contributed by atoms with Gasteiger partial charge in [-0.25, -0.2) is 0 Å². The zero-order valence-electron chi connectivity index (χ0n) is 10.5. The van der Waals surface area contributed by atoms with Gasteiger partial charge in [-0.15, -0.1) is 0 Å². The van der Waals surface area contributed by atoms with Crippen molar-refractivity contribution in [3.63, 3.8) is 0 Å². The zero-order valence-corrected chi connectivity index (χ0v) is 10.5. The molecule has 0 rings (SSSR count). The van der Waals surface area contributed by atoms with Crippen LogP contribution in [0.15, 0.2) is 0 Å². The summed E-state index contributed by atoms with van der Waals surface area (Å²) < 4.78 is 5.54. The summed E-state index contributed by atoms with van der Waals surface area (Å²) in [6.45, 7) is 5.67. The average molecular weight is 217 g/mol. The zero-order chi connectivity index (χ0) is 11.6. The molecule has 0 bridgehead atoms. The third-order valence-corrected chi connectivity index (χ3v) is 2.77. The maximum Gasteiger partial charge on any atom is 0.0667 e. The Morgan fingerprint density at radius 3 is 2.40 bits per heavy atom. The normalized spacial score (nSPS) is 15.2. The number of hydrogen-bond donors (Lipinski definition) is 2. The second kappa shape index (κ2) is 9.13. The predicted molar refractivity (Wildman–Crippen MR) is 64.1 cm³/mol. The minimum Gasteiger partial charge on any atom is -0.394 e. The minimum atomic E-state index is -0.288. The van der Waals surface area contributed by atoms with E-state index in [0.29, 0.717) is 6.61 Å². The Bertz CT molecular complexity index is 136. The molecule has 0 aromatic heterocycles. The van der Waals surface area contributed by atoms with Gasteiger partial charge in [-0.05, 0) is 20.4 Å². The fourth-order valence-corrected chi connectivity index (χ4v) is 1.30. The van der Waals surface area contributed by atoms with Crippen molar-refractivity contribution in [2.24, 2.45) is 0 Å². The van der Waals surface area contributed by atoms with E-state index in [1.165, 1.54) is 25.7 Å². The van der Waals surface area contributed by atoms with Crippen molar-refractivity contribution in [1.29, 1.82) is 0 Å². The van der Waals surface area contributed by atoms with Gasteiger partial charge in [0, 0.05) is 6.61 Å². The summed E-state index contributed by atoms with van der Waals surface area (Å²) in [6, 6.07) is 0. The van der Waals surface area contributed by atoms with Crippen molar-refractivity contribution >= 4 is 0 Å². The summed E-state index contributed by atoms with van der Waals surface area (Å²) in [5, 5.41) is 12.2. The lowest BCUT2D eigenvalue weighted by Crippen LogP contribution is -2.47. The van der Waals surface area contributed by atoms with E-state index in [0.717, 1.165) is 13.0 Å². The predicted octanol–water partition coefficient (Wildman–Crippen LogP) is 1.94. The Labute approximate surface area is 94.2 Å². The van der Waals surface area contributed by atoms with Gasteiger partial charge in [0.25, 0.3) is 0 Å². The molecule has 0 aromatic rings. The highest BCUT2D eigenvalue weighted by Crippen LogP contribution is 2.05. The minimum absolute atomic E-state index is 0.110. The molecule has 0 radical (unpaired) electrons. The molecule has 0 aromatic carbocycles. The lowest BCUT2D eigenvalue weighted by molar-refractivity contribution is 0.0464. The fraction of sp³-hybridized carbons (Fsp3) is 1.00. The van der Waals surface area contributed by atoms with Crippen LogP contribution in [-0.4, -0.2) is 37.5 Å². The molecule has 3 heteroatoms. The van der Waals surface area contributed by atoms with E-state index < -0.39 is 0 Å². The molecule has 15 heavy (non-hydrogen) atoms. The molecule has 0 saturated carbocycles. The van der Waals surface area contributed by atoms with Crippen molar-refractivity contribution < 1.29 is 9.84 Å². The number of unbranched alkanes of at least 4 members (excludes halogenated alkanes) is 4. The molecule has 2 N–H and O–H groups in total. The Balaban J connectivity index is 3.29. The first-order chi connectivity index (χ1) is 7.18. The Morgan fingerprint density at radius 2 is 1.87 bits per heavy atom. The van der Waals surface area contributed by atoms with Crippen molar-refractivity contribution in [3.05, 3.63) is 0 Å². The van der Waals surface area contributed by atoms with Crippen molar-refractivity contribution in [3.8, 4) is 0 Å². The summed E-state index contributed by atoms with van der Waals surface area (Å²) >= 11 is 0. The Morgan fingerprint density at radius 1 is 1.20 bits per heavy atom. The first kappa shape index (κ1) is 14.9. The van der Waals surface area contributed by atoms with Crippen molar-refractivity contribution in [2.45, 2.75) is 51.5 Å². The van der Waals surface area contributed by atoms with Gasteiger partial charge in [0.1, 0.15) is 0 Å². The summed E-state index contributed by atoms with van der Waals surface area (Å²) in [6.07, 6.45) is 6.30. The quantitative estimate of drug-likeness (QED) is 0.550.